The summed E-state index contributed by atoms with van der Waals surface area (Å²) in [5.74, 6) is -0.207. The molecule has 18 heavy (non-hydrogen) atoms. The minimum absolute atomic E-state index is 0.207. The van der Waals surface area contributed by atoms with E-state index in [-0.39, 0.29) is 11.0 Å². The lowest BCUT2D eigenvalue weighted by Gasteiger charge is -2.08. The number of hydrogen-bond acceptors (Lipinski definition) is 4. The van der Waals surface area contributed by atoms with E-state index in [1.165, 1.54) is 11.3 Å². The van der Waals surface area contributed by atoms with Crippen molar-refractivity contribution in [1.29, 1.82) is 0 Å². The zero-order valence-corrected chi connectivity index (χ0v) is 11.5. The van der Waals surface area contributed by atoms with Crippen LogP contribution in [-0.4, -0.2) is 21.2 Å². The molecule has 0 radical (unpaired) electrons. The Hall–Kier alpha value is -1.73. The van der Waals surface area contributed by atoms with E-state index >= 15 is 0 Å². The maximum atomic E-state index is 11.8. The molecule has 0 spiro atoms. The van der Waals surface area contributed by atoms with Crippen molar-refractivity contribution in [3.63, 3.8) is 0 Å². The third-order valence-corrected chi connectivity index (χ3v) is 3.41. The van der Waals surface area contributed by atoms with Gasteiger partial charge in [0.15, 0.2) is 5.11 Å². The zero-order chi connectivity index (χ0) is 13.1. The molecule has 0 saturated carbocycles. The number of aromatic amines is 1. The van der Waals surface area contributed by atoms with Crippen molar-refractivity contribution in [2.75, 3.05) is 5.32 Å². The molecule has 0 unspecified atom stereocenters. The van der Waals surface area contributed by atoms with Crippen LogP contribution in [-0.2, 0) is 0 Å². The van der Waals surface area contributed by atoms with E-state index in [1.807, 2.05) is 25.3 Å². The molecule has 1 amide bonds. The van der Waals surface area contributed by atoms with Gasteiger partial charge in [-0.05, 0) is 37.5 Å². The van der Waals surface area contributed by atoms with Gasteiger partial charge >= 0.3 is 0 Å². The molecule has 2 aromatic heterocycles. The summed E-state index contributed by atoms with van der Waals surface area (Å²) in [4.78, 5) is 12.4. The lowest BCUT2D eigenvalue weighted by Crippen LogP contribution is -2.33. The summed E-state index contributed by atoms with van der Waals surface area (Å²) < 4.78 is 0. The van der Waals surface area contributed by atoms with Crippen LogP contribution < -0.4 is 10.6 Å². The summed E-state index contributed by atoms with van der Waals surface area (Å²) in [6.07, 6.45) is 0. The van der Waals surface area contributed by atoms with E-state index in [4.69, 9.17) is 12.2 Å². The summed E-state index contributed by atoms with van der Waals surface area (Å²) in [7, 11) is 0. The van der Waals surface area contributed by atoms with Crippen molar-refractivity contribution in [2.45, 2.75) is 13.8 Å². The first-order valence-corrected chi connectivity index (χ1v) is 6.54. The topological polar surface area (TPSA) is 69.8 Å². The number of carbonyl (C=O) groups excluding carboxylic acids is 1. The van der Waals surface area contributed by atoms with Crippen molar-refractivity contribution in [2.24, 2.45) is 0 Å². The molecule has 0 aliphatic carbocycles. The summed E-state index contributed by atoms with van der Waals surface area (Å²) in [6.45, 7) is 3.74. The smallest absolute Gasteiger partial charge is 0.267 e. The van der Waals surface area contributed by atoms with Gasteiger partial charge in [0.1, 0.15) is 0 Å². The van der Waals surface area contributed by atoms with Gasteiger partial charge in [0.25, 0.3) is 5.91 Å². The van der Waals surface area contributed by atoms with Crippen LogP contribution in [0.5, 0.6) is 0 Å². The third kappa shape index (κ3) is 2.74. The van der Waals surface area contributed by atoms with Gasteiger partial charge < -0.3 is 5.32 Å². The van der Waals surface area contributed by atoms with Crippen LogP contribution in [0.1, 0.15) is 21.1 Å². The quantitative estimate of drug-likeness (QED) is 0.738. The van der Waals surface area contributed by atoms with Crippen LogP contribution in [0.15, 0.2) is 17.5 Å². The molecule has 2 heterocycles. The lowest BCUT2D eigenvalue weighted by atomic mass is 10.3. The number of hydrogen-bond donors (Lipinski definition) is 3. The van der Waals surface area contributed by atoms with Crippen LogP contribution in [0.2, 0.25) is 0 Å². The SMILES string of the molecule is Cc1n[nH]c(C)c1NC(=S)NC(=O)c1cccs1. The van der Waals surface area contributed by atoms with Gasteiger partial charge in [0.05, 0.1) is 22.0 Å². The molecular weight excluding hydrogens is 268 g/mol. The Morgan fingerprint density at radius 1 is 1.50 bits per heavy atom. The van der Waals surface area contributed by atoms with E-state index in [1.54, 1.807) is 6.07 Å². The van der Waals surface area contributed by atoms with Gasteiger partial charge in [-0.2, -0.15) is 5.10 Å². The van der Waals surface area contributed by atoms with E-state index in [0.29, 0.717) is 4.88 Å². The number of thiocarbonyl (C=S) groups is 1. The molecule has 3 N–H and O–H groups in total. The number of anilines is 1. The predicted molar refractivity (Wildman–Crippen MR) is 76.1 cm³/mol. The van der Waals surface area contributed by atoms with Crippen LogP contribution >= 0.6 is 23.6 Å². The van der Waals surface area contributed by atoms with Crippen LogP contribution in [0.25, 0.3) is 0 Å². The Kier molecular flexibility index (Phi) is 3.73. The number of nitrogens with one attached hydrogen (secondary N) is 3. The number of nitrogens with zero attached hydrogens (tertiary/aromatic N) is 1. The molecule has 0 fully saturated rings. The molecule has 0 aliphatic heterocycles. The normalized spacial score (nSPS) is 10.1. The van der Waals surface area contributed by atoms with Gasteiger partial charge in [-0.15, -0.1) is 11.3 Å². The molecule has 5 nitrogen and oxygen atoms in total. The van der Waals surface area contributed by atoms with E-state index in [2.05, 4.69) is 20.8 Å². The van der Waals surface area contributed by atoms with Crippen LogP contribution in [0.4, 0.5) is 5.69 Å². The largest absolute Gasteiger partial charge is 0.329 e. The minimum Gasteiger partial charge on any atom is -0.329 e. The summed E-state index contributed by atoms with van der Waals surface area (Å²) in [5.41, 5.74) is 2.48. The highest BCUT2D eigenvalue weighted by atomic mass is 32.1. The fourth-order valence-corrected chi connectivity index (χ4v) is 2.27. The molecule has 0 aliphatic rings. The van der Waals surface area contributed by atoms with Crippen molar-refractivity contribution < 1.29 is 4.79 Å². The zero-order valence-electron chi connectivity index (χ0n) is 9.90. The molecule has 7 heteroatoms. The van der Waals surface area contributed by atoms with Gasteiger partial charge in [-0.3, -0.25) is 15.2 Å². The van der Waals surface area contributed by atoms with Crippen LogP contribution in [0, 0.1) is 13.8 Å². The highest BCUT2D eigenvalue weighted by molar-refractivity contribution is 7.80. The molecule has 0 aromatic carbocycles. The van der Waals surface area contributed by atoms with E-state index < -0.39 is 0 Å². The summed E-state index contributed by atoms with van der Waals surface area (Å²) in [6, 6.07) is 3.57. The fraction of sp³-hybridized carbons (Fsp3) is 0.182. The number of thiophene rings is 1. The number of rotatable bonds is 2. The highest BCUT2D eigenvalue weighted by Crippen LogP contribution is 2.15. The summed E-state index contributed by atoms with van der Waals surface area (Å²) >= 11 is 6.46. The predicted octanol–water partition coefficient (Wildman–Crippen LogP) is 2.21. The van der Waals surface area contributed by atoms with Crippen LogP contribution in [0.3, 0.4) is 0 Å². The number of aromatic nitrogens is 2. The molecule has 0 atom stereocenters. The Morgan fingerprint density at radius 3 is 2.83 bits per heavy atom. The van der Waals surface area contributed by atoms with Gasteiger partial charge in [0, 0.05) is 0 Å². The second-order valence-corrected chi connectivity index (χ2v) is 5.05. The fourth-order valence-electron chi connectivity index (χ4n) is 1.45. The Labute approximate surface area is 114 Å². The maximum Gasteiger partial charge on any atom is 0.267 e. The van der Waals surface area contributed by atoms with Gasteiger partial charge in [0.2, 0.25) is 0 Å². The molecule has 0 bridgehead atoms. The van der Waals surface area contributed by atoms with Crippen molar-refractivity contribution in [3.8, 4) is 0 Å². The Morgan fingerprint density at radius 2 is 2.28 bits per heavy atom. The second kappa shape index (κ2) is 5.28. The molecule has 2 aromatic rings. The van der Waals surface area contributed by atoms with E-state index in [9.17, 15) is 4.79 Å². The van der Waals surface area contributed by atoms with E-state index in [0.717, 1.165) is 17.1 Å². The highest BCUT2D eigenvalue weighted by Gasteiger charge is 2.11. The second-order valence-electron chi connectivity index (χ2n) is 3.69. The summed E-state index contributed by atoms with van der Waals surface area (Å²) in [5, 5.41) is 14.6. The monoisotopic (exact) mass is 280 g/mol. The number of aryl methyl sites for hydroxylation is 2. The number of amides is 1. The number of H-pyrrole nitrogens is 1. The van der Waals surface area contributed by atoms with Gasteiger partial charge in [-0.1, -0.05) is 6.07 Å². The minimum atomic E-state index is -0.207. The molecular formula is C11H12N4OS2. The van der Waals surface area contributed by atoms with Crippen molar-refractivity contribution in [3.05, 3.63) is 33.8 Å². The standard InChI is InChI=1S/C11H12N4OS2/c1-6-9(7(2)15-14-6)12-11(17)13-10(16)8-4-3-5-18-8/h3-5H,1-2H3,(H,14,15)(H2,12,13,16,17). The first-order valence-electron chi connectivity index (χ1n) is 5.25. The average Bonchev–Trinajstić information content (AvgIpc) is 2.94. The third-order valence-electron chi connectivity index (χ3n) is 2.34. The molecule has 2 rings (SSSR count). The first-order chi connectivity index (χ1) is 8.58. The lowest BCUT2D eigenvalue weighted by molar-refractivity contribution is 0.0981. The van der Waals surface area contributed by atoms with Crippen molar-refractivity contribution in [1.82, 2.24) is 15.5 Å². The first kappa shape index (κ1) is 12.7. The Bertz CT molecular complexity index is 554. The molecule has 0 saturated heterocycles. The Balaban J connectivity index is 2.00. The molecule has 94 valence electrons. The maximum absolute atomic E-state index is 11.8. The average molecular weight is 280 g/mol. The van der Waals surface area contributed by atoms with Crippen molar-refractivity contribution >= 4 is 40.3 Å². The van der Waals surface area contributed by atoms with Gasteiger partial charge in [-0.25, -0.2) is 0 Å². The number of carbonyl (C=O) groups is 1.